The molecule has 0 bridgehead atoms. The average Bonchev–Trinajstić information content (AvgIpc) is 2.96. The first kappa shape index (κ1) is 15.5. The van der Waals surface area contributed by atoms with Gasteiger partial charge in [0.05, 0.1) is 5.56 Å². The summed E-state index contributed by atoms with van der Waals surface area (Å²) in [5.74, 6) is -1.12. The van der Waals surface area contributed by atoms with E-state index in [1.54, 1.807) is 38.1 Å². The predicted molar refractivity (Wildman–Crippen MR) is 83.0 cm³/mol. The number of amides is 2. The number of rotatable bonds is 0. The Morgan fingerprint density at radius 1 is 1.00 bits per heavy atom. The molecule has 1 spiro atoms. The normalized spacial score (nSPS) is 22.8. The van der Waals surface area contributed by atoms with E-state index in [1.807, 2.05) is 0 Å². The highest BCUT2D eigenvalue weighted by atomic mass is 16.5. The van der Waals surface area contributed by atoms with Crippen LogP contribution in [0.15, 0.2) is 24.3 Å². The minimum absolute atomic E-state index is 0.216. The number of fused-ring (bicyclic) bond motifs is 1. The number of nitrogens with one attached hydrogen (secondary N) is 2. The van der Waals surface area contributed by atoms with Crippen LogP contribution in [0.3, 0.4) is 0 Å². The van der Waals surface area contributed by atoms with Crippen molar-refractivity contribution in [1.82, 2.24) is 10.6 Å². The molecule has 0 atom stereocenters. The van der Waals surface area contributed by atoms with Crippen molar-refractivity contribution in [2.75, 3.05) is 0 Å². The van der Waals surface area contributed by atoms with Gasteiger partial charge in [-0.2, -0.15) is 0 Å². The van der Waals surface area contributed by atoms with E-state index in [0.717, 1.165) is 12.8 Å². The Labute approximate surface area is 134 Å². The van der Waals surface area contributed by atoms with Gasteiger partial charge >= 0.3 is 5.97 Å². The maximum Gasteiger partial charge on any atom is 0.337 e. The minimum atomic E-state index is -1.13. The first-order valence-corrected chi connectivity index (χ1v) is 7.81. The molecule has 1 aliphatic heterocycles. The Morgan fingerprint density at radius 3 is 2.35 bits per heavy atom. The van der Waals surface area contributed by atoms with Crippen LogP contribution >= 0.6 is 0 Å². The van der Waals surface area contributed by atoms with Crippen molar-refractivity contribution >= 4 is 17.8 Å². The van der Waals surface area contributed by atoms with Crippen molar-refractivity contribution < 1.29 is 19.1 Å². The quantitative estimate of drug-likeness (QED) is 0.562. The van der Waals surface area contributed by atoms with Crippen molar-refractivity contribution in [1.29, 1.82) is 0 Å². The molecule has 1 heterocycles. The van der Waals surface area contributed by atoms with E-state index < -0.39 is 23.0 Å². The molecule has 1 aliphatic carbocycles. The van der Waals surface area contributed by atoms with Crippen LogP contribution in [0.5, 0.6) is 5.75 Å². The molecular weight excluding hydrogens is 296 g/mol. The topological polar surface area (TPSA) is 84.5 Å². The summed E-state index contributed by atoms with van der Waals surface area (Å²) in [5, 5.41) is 5.54. The minimum Gasteiger partial charge on any atom is -0.424 e. The van der Waals surface area contributed by atoms with Gasteiger partial charge in [0.15, 0.2) is 0 Å². The van der Waals surface area contributed by atoms with E-state index in [1.165, 1.54) is 0 Å². The highest BCUT2D eigenvalue weighted by Crippen LogP contribution is 2.33. The van der Waals surface area contributed by atoms with Gasteiger partial charge in [-0.15, -0.1) is 0 Å². The van der Waals surface area contributed by atoms with Gasteiger partial charge in [0.1, 0.15) is 16.8 Å². The third-order valence-corrected chi connectivity index (χ3v) is 4.53. The molecule has 122 valence electrons. The van der Waals surface area contributed by atoms with Crippen LogP contribution in [0.2, 0.25) is 0 Å². The standard InChI is InChI=1S/C17H20N2O4/c1-16(2)14(21)19-17(9-5-6-10-17)15(22)23-12-8-4-3-7-11(12)13(20)18-16/h3-4,7-8H,5-6,9-10H2,1-2H3,(H,18,20)(H,19,21). The van der Waals surface area contributed by atoms with Gasteiger partial charge in [-0.05, 0) is 38.8 Å². The van der Waals surface area contributed by atoms with Gasteiger partial charge in [0.25, 0.3) is 5.91 Å². The zero-order valence-electron chi connectivity index (χ0n) is 13.3. The van der Waals surface area contributed by atoms with E-state index in [4.69, 9.17) is 4.74 Å². The molecule has 2 aliphatic rings. The van der Waals surface area contributed by atoms with Gasteiger partial charge < -0.3 is 15.4 Å². The van der Waals surface area contributed by atoms with Gasteiger partial charge in [0.2, 0.25) is 5.91 Å². The Hall–Kier alpha value is -2.37. The SMILES string of the molecule is CC1(C)NC(=O)c2ccccc2OC(=O)C2(CCCC2)NC1=O. The van der Waals surface area contributed by atoms with Crippen molar-refractivity contribution in [2.45, 2.75) is 50.6 Å². The van der Waals surface area contributed by atoms with E-state index in [9.17, 15) is 14.4 Å². The Balaban J connectivity index is 2.08. The van der Waals surface area contributed by atoms with E-state index in [-0.39, 0.29) is 17.2 Å². The van der Waals surface area contributed by atoms with Crippen LogP contribution in [0, 0.1) is 0 Å². The number of esters is 1. The number of hydrogen-bond acceptors (Lipinski definition) is 4. The average molecular weight is 316 g/mol. The molecule has 1 aromatic carbocycles. The molecule has 1 saturated carbocycles. The number of carbonyl (C=O) groups excluding carboxylic acids is 3. The van der Waals surface area contributed by atoms with E-state index in [0.29, 0.717) is 12.8 Å². The molecule has 23 heavy (non-hydrogen) atoms. The fourth-order valence-electron chi connectivity index (χ4n) is 3.08. The largest absolute Gasteiger partial charge is 0.424 e. The second-order valence-corrected chi connectivity index (χ2v) is 6.71. The highest BCUT2D eigenvalue weighted by molar-refractivity contribution is 6.03. The third kappa shape index (κ3) is 2.69. The van der Waals surface area contributed by atoms with Crippen LogP contribution in [0.25, 0.3) is 0 Å². The molecule has 2 N–H and O–H groups in total. The molecule has 2 amide bonds. The summed E-state index contributed by atoms with van der Waals surface area (Å²) in [6.07, 6.45) is 2.79. The lowest BCUT2D eigenvalue weighted by Gasteiger charge is -2.34. The molecule has 0 unspecified atom stereocenters. The van der Waals surface area contributed by atoms with Crippen molar-refractivity contribution in [2.24, 2.45) is 0 Å². The van der Waals surface area contributed by atoms with Gasteiger partial charge in [-0.25, -0.2) is 4.79 Å². The Kier molecular flexibility index (Phi) is 3.62. The molecule has 1 aromatic rings. The summed E-state index contributed by atoms with van der Waals surface area (Å²) < 4.78 is 5.48. The lowest BCUT2D eigenvalue weighted by atomic mass is 9.94. The molecule has 0 radical (unpaired) electrons. The predicted octanol–water partition coefficient (Wildman–Crippen LogP) is 1.54. The molecular formula is C17H20N2O4. The van der Waals surface area contributed by atoms with Gasteiger partial charge in [0, 0.05) is 0 Å². The van der Waals surface area contributed by atoms with Gasteiger partial charge in [-0.3, -0.25) is 9.59 Å². The number of benzene rings is 1. The fourth-order valence-corrected chi connectivity index (χ4v) is 3.08. The molecule has 0 saturated heterocycles. The smallest absolute Gasteiger partial charge is 0.337 e. The number of hydrogen-bond donors (Lipinski definition) is 2. The molecule has 1 fully saturated rings. The maximum atomic E-state index is 12.7. The number of ether oxygens (including phenoxy) is 1. The van der Waals surface area contributed by atoms with Gasteiger partial charge in [-0.1, -0.05) is 25.0 Å². The number of carbonyl (C=O) groups is 3. The molecule has 0 aromatic heterocycles. The van der Waals surface area contributed by atoms with Crippen molar-refractivity contribution in [3.05, 3.63) is 29.8 Å². The summed E-state index contributed by atoms with van der Waals surface area (Å²) in [4.78, 5) is 37.7. The lowest BCUT2D eigenvalue weighted by Crippen LogP contribution is -2.63. The zero-order valence-corrected chi connectivity index (χ0v) is 13.3. The first-order valence-electron chi connectivity index (χ1n) is 7.81. The van der Waals surface area contributed by atoms with E-state index in [2.05, 4.69) is 10.6 Å². The molecule has 3 rings (SSSR count). The molecule has 6 heteroatoms. The monoisotopic (exact) mass is 316 g/mol. The van der Waals surface area contributed by atoms with Crippen LogP contribution in [0.4, 0.5) is 0 Å². The maximum absolute atomic E-state index is 12.7. The van der Waals surface area contributed by atoms with Crippen LogP contribution < -0.4 is 15.4 Å². The summed E-state index contributed by atoms with van der Waals surface area (Å²) in [7, 11) is 0. The third-order valence-electron chi connectivity index (χ3n) is 4.53. The number of para-hydroxylation sites is 1. The van der Waals surface area contributed by atoms with Crippen LogP contribution in [-0.2, 0) is 9.59 Å². The van der Waals surface area contributed by atoms with Crippen LogP contribution in [-0.4, -0.2) is 28.9 Å². The lowest BCUT2D eigenvalue weighted by molar-refractivity contribution is -0.146. The second kappa shape index (κ2) is 5.37. The highest BCUT2D eigenvalue weighted by Gasteiger charge is 2.47. The van der Waals surface area contributed by atoms with Crippen molar-refractivity contribution in [3.8, 4) is 5.75 Å². The summed E-state index contributed by atoms with van der Waals surface area (Å²) in [6.45, 7) is 3.25. The first-order chi connectivity index (χ1) is 10.8. The van der Waals surface area contributed by atoms with Crippen molar-refractivity contribution in [3.63, 3.8) is 0 Å². The second-order valence-electron chi connectivity index (χ2n) is 6.71. The van der Waals surface area contributed by atoms with E-state index >= 15 is 0 Å². The molecule has 6 nitrogen and oxygen atoms in total. The summed E-state index contributed by atoms with van der Waals surface area (Å²) in [5.41, 5.74) is -1.89. The Bertz CT molecular complexity index is 675. The summed E-state index contributed by atoms with van der Waals surface area (Å²) in [6, 6.07) is 6.56. The fraction of sp³-hybridized carbons (Fsp3) is 0.471. The summed E-state index contributed by atoms with van der Waals surface area (Å²) >= 11 is 0. The Morgan fingerprint density at radius 2 is 1.65 bits per heavy atom. The zero-order chi connectivity index (χ0) is 16.7. The van der Waals surface area contributed by atoms with Crippen LogP contribution in [0.1, 0.15) is 49.9 Å².